The highest BCUT2D eigenvalue weighted by Crippen LogP contribution is 2.34. The number of furan rings is 1. The summed E-state index contributed by atoms with van der Waals surface area (Å²) in [7, 11) is 0. The molecule has 0 bridgehead atoms. The van der Waals surface area contributed by atoms with Crippen molar-refractivity contribution >= 4 is 28.5 Å². The van der Waals surface area contributed by atoms with E-state index in [2.05, 4.69) is 15.6 Å². The van der Waals surface area contributed by atoms with Crippen molar-refractivity contribution < 1.29 is 9.21 Å². The van der Waals surface area contributed by atoms with Gasteiger partial charge in [-0.3, -0.25) is 4.79 Å². The number of hydrogen-bond donors (Lipinski definition) is 2. The fraction of sp³-hybridized carbons (Fsp3) is 0.467. The SMILES string of the molecule is O=C(N[C@@H]1CCNC2CCC21)c1cc2c(Cl)coc2cn1. The average Bonchev–Trinajstić information content (AvgIpc) is 2.82. The first-order valence-corrected chi connectivity index (χ1v) is 7.67. The fourth-order valence-corrected chi connectivity index (χ4v) is 3.54. The van der Waals surface area contributed by atoms with Crippen LogP contribution in [0, 0.1) is 5.92 Å². The van der Waals surface area contributed by atoms with Crippen molar-refractivity contribution in [1.82, 2.24) is 15.6 Å². The molecule has 1 aliphatic heterocycles. The number of fused-ring (bicyclic) bond motifs is 2. The first-order chi connectivity index (χ1) is 10.2. The van der Waals surface area contributed by atoms with Crippen molar-refractivity contribution in [3.05, 3.63) is 29.2 Å². The summed E-state index contributed by atoms with van der Waals surface area (Å²) in [5.41, 5.74) is 0.984. The highest BCUT2D eigenvalue weighted by Gasteiger charge is 2.40. The minimum absolute atomic E-state index is 0.133. The van der Waals surface area contributed by atoms with Crippen LogP contribution in [-0.4, -0.2) is 29.5 Å². The molecule has 21 heavy (non-hydrogen) atoms. The molecule has 0 aromatic carbocycles. The molecular weight excluding hydrogens is 290 g/mol. The summed E-state index contributed by atoms with van der Waals surface area (Å²) in [5.74, 6) is 0.427. The zero-order valence-corrected chi connectivity index (χ0v) is 12.2. The van der Waals surface area contributed by atoms with E-state index in [0.29, 0.717) is 28.3 Å². The molecule has 2 unspecified atom stereocenters. The first kappa shape index (κ1) is 13.1. The van der Waals surface area contributed by atoms with Gasteiger partial charge in [-0.2, -0.15) is 0 Å². The molecule has 1 amide bonds. The van der Waals surface area contributed by atoms with Gasteiger partial charge in [0.1, 0.15) is 12.0 Å². The molecule has 0 spiro atoms. The van der Waals surface area contributed by atoms with Gasteiger partial charge in [-0.05, 0) is 37.8 Å². The molecule has 6 heteroatoms. The van der Waals surface area contributed by atoms with E-state index in [0.717, 1.165) is 18.4 Å². The van der Waals surface area contributed by atoms with E-state index in [1.807, 2.05) is 0 Å². The quantitative estimate of drug-likeness (QED) is 0.894. The summed E-state index contributed by atoms with van der Waals surface area (Å²) in [5, 5.41) is 7.85. The van der Waals surface area contributed by atoms with E-state index in [4.69, 9.17) is 16.0 Å². The Bertz CT molecular complexity index is 699. The average molecular weight is 306 g/mol. The fourth-order valence-electron chi connectivity index (χ4n) is 3.35. The lowest BCUT2D eigenvalue weighted by Crippen LogP contribution is -2.59. The maximum Gasteiger partial charge on any atom is 0.270 e. The van der Waals surface area contributed by atoms with Gasteiger partial charge >= 0.3 is 0 Å². The summed E-state index contributed by atoms with van der Waals surface area (Å²) in [6, 6.07) is 2.51. The standard InChI is InChI=1S/C15H16ClN3O2/c16-10-7-21-14-6-18-13(5-9(10)14)15(20)19-12-3-4-17-11-2-1-8(11)12/h5-8,11-12,17H,1-4H2,(H,19,20)/t8?,11?,12-/m1/s1. The van der Waals surface area contributed by atoms with E-state index < -0.39 is 0 Å². The lowest BCUT2D eigenvalue weighted by molar-refractivity contribution is 0.0794. The number of amides is 1. The van der Waals surface area contributed by atoms with Gasteiger partial charge < -0.3 is 15.1 Å². The van der Waals surface area contributed by atoms with Crippen molar-refractivity contribution in [3.8, 4) is 0 Å². The number of piperidine rings is 1. The van der Waals surface area contributed by atoms with Crippen LogP contribution in [0.3, 0.4) is 0 Å². The maximum absolute atomic E-state index is 12.4. The Morgan fingerprint density at radius 3 is 3.14 bits per heavy atom. The highest BCUT2D eigenvalue weighted by molar-refractivity contribution is 6.35. The molecule has 2 aromatic rings. The van der Waals surface area contributed by atoms with E-state index in [-0.39, 0.29) is 11.9 Å². The molecule has 2 aromatic heterocycles. The largest absolute Gasteiger partial charge is 0.461 e. The van der Waals surface area contributed by atoms with Crippen molar-refractivity contribution in [1.29, 1.82) is 0 Å². The molecule has 3 heterocycles. The molecule has 1 saturated heterocycles. The lowest BCUT2D eigenvalue weighted by Gasteiger charge is -2.46. The van der Waals surface area contributed by atoms with E-state index in [1.165, 1.54) is 19.1 Å². The molecule has 4 rings (SSSR count). The smallest absolute Gasteiger partial charge is 0.270 e. The normalized spacial score (nSPS) is 28.0. The van der Waals surface area contributed by atoms with Crippen LogP contribution in [0.15, 0.2) is 22.9 Å². The number of pyridine rings is 1. The summed E-state index contributed by atoms with van der Waals surface area (Å²) in [6.07, 6.45) is 6.38. The Hall–Kier alpha value is -1.59. The van der Waals surface area contributed by atoms with Crippen LogP contribution in [0.2, 0.25) is 5.02 Å². The Morgan fingerprint density at radius 2 is 2.33 bits per heavy atom. The molecule has 5 nitrogen and oxygen atoms in total. The number of carbonyl (C=O) groups excluding carboxylic acids is 1. The second kappa shape index (κ2) is 5.00. The Morgan fingerprint density at radius 1 is 1.43 bits per heavy atom. The van der Waals surface area contributed by atoms with Gasteiger partial charge in [0.2, 0.25) is 0 Å². The first-order valence-electron chi connectivity index (χ1n) is 7.29. The Labute approximate surface area is 127 Å². The van der Waals surface area contributed by atoms with Crippen molar-refractivity contribution in [2.45, 2.75) is 31.3 Å². The summed E-state index contributed by atoms with van der Waals surface area (Å²) in [6.45, 7) is 0.964. The number of carbonyl (C=O) groups is 1. The minimum atomic E-state index is -0.133. The Balaban J connectivity index is 1.54. The van der Waals surface area contributed by atoms with E-state index in [9.17, 15) is 4.79 Å². The third-order valence-electron chi connectivity index (χ3n) is 4.67. The lowest BCUT2D eigenvalue weighted by atomic mass is 9.71. The molecule has 110 valence electrons. The minimum Gasteiger partial charge on any atom is -0.461 e. The zero-order valence-electron chi connectivity index (χ0n) is 11.4. The van der Waals surface area contributed by atoms with Crippen LogP contribution in [-0.2, 0) is 0 Å². The second-order valence-electron chi connectivity index (χ2n) is 5.82. The summed E-state index contributed by atoms with van der Waals surface area (Å²) in [4.78, 5) is 16.6. The number of rotatable bonds is 2. The number of aromatic nitrogens is 1. The van der Waals surface area contributed by atoms with Crippen LogP contribution >= 0.6 is 11.6 Å². The monoisotopic (exact) mass is 305 g/mol. The third kappa shape index (κ3) is 2.21. The number of nitrogens with zero attached hydrogens (tertiary/aromatic N) is 1. The van der Waals surface area contributed by atoms with Crippen LogP contribution in [0.4, 0.5) is 0 Å². The molecule has 1 aliphatic carbocycles. The molecule has 1 saturated carbocycles. The van der Waals surface area contributed by atoms with Crippen molar-refractivity contribution in [2.75, 3.05) is 6.54 Å². The van der Waals surface area contributed by atoms with Gasteiger partial charge in [0.05, 0.1) is 11.2 Å². The van der Waals surface area contributed by atoms with Crippen molar-refractivity contribution in [3.63, 3.8) is 0 Å². The predicted octanol–water partition coefficient (Wildman–Crippen LogP) is 2.35. The summed E-state index contributed by atoms with van der Waals surface area (Å²) >= 11 is 6.03. The number of halogens is 1. The van der Waals surface area contributed by atoms with Crippen LogP contribution in [0.5, 0.6) is 0 Å². The van der Waals surface area contributed by atoms with Gasteiger partial charge in [0, 0.05) is 17.5 Å². The van der Waals surface area contributed by atoms with Crippen molar-refractivity contribution in [2.24, 2.45) is 5.92 Å². The third-order valence-corrected chi connectivity index (χ3v) is 4.96. The van der Waals surface area contributed by atoms with Crippen LogP contribution in [0.25, 0.3) is 11.0 Å². The topological polar surface area (TPSA) is 67.2 Å². The number of hydrogen-bond acceptors (Lipinski definition) is 4. The molecule has 0 radical (unpaired) electrons. The van der Waals surface area contributed by atoms with Gasteiger partial charge in [-0.1, -0.05) is 11.6 Å². The van der Waals surface area contributed by atoms with Gasteiger partial charge in [-0.25, -0.2) is 4.98 Å². The zero-order chi connectivity index (χ0) is 14.4. The maximum atomic E-state index is 12.4. The number of nitrogens with one attached hydrogen (secondary N) is 2. The molecule has 2 aliphatic rings. The highest BCUT2D eigenvalue weighted by atomic mass is 35.5. The van der Waals surface area contributed by atoms with E-state index >= 15 is 0 Å². The second-order valence-corrected chi connectivity index (χ2v) is 6.23. The van der Waals surface area contributed by atoms with Gasteiger partial charge in [0.25, 0.3) is 5.91 Å². The molecule has 3 atom stereocenters. The predicted molar refractivity (Wildman–Crippen MR) is 79.4 cm³/mol. The van der Waals surface area contributed by atoms with Crippen LogP contribution < -0.4 is 10.6 Å². The van der Waals surface area contributed by atoms with E-state index in [1.54, 1.807) is 12.3 Å². The van der Waals surface area contributed by atoms with Gasteiger partial charge in [-0.15, -0.1) is 0 Å². The molecule has 2 N–H and O–H groups in total. The van der Waals surface area contributed by atoms with Gasteiger partial charge in [0.15, 0.2) is 5.58 Å². The Kier molecular flexibility index (Phi) is 3.12. The summed E-state index contributed by atoms with van der Waals surface area (Å²) < 4.78 is 5.24. The molecule has 2 fully saturated rings. The molecular formula is C15H16ClN3O2. The van der Waals surface area contributed by atoms with Crippen LogP contribution in [0.1, 0.15) is 29.8 Å².